The SMILES string of the molecule is CCCCn1c(NS(=O)(=O)c2ccccc2)c(S(=O)(=O)c2ccc(C)cc2)c2nccnc21. The minimum Gasteiger partial charge on any atom is -0.309 e. The molecule has 0 amide bonds. The van der Waals surface area contributed by atoms with Gasteiger partial charge in [-0.1, -0.05) is 49.2 Å². The predicted molar refractivity (Wildman–Crippen MR) is 126 cm³/mol. The van der Waals surface area contributed by atoms with Gasteiger partial charge in [-0.25, -0.2) is 26.8 Å². The number of benzene rings is 2. The van der Waals surface area contributed by atoms with Gasteiger partial charge in [0.1, 0.15) is 16.2 Å². The summed E-state index contributed by atoms with van der Waals surface area (Å²) >= 11 is 0. The Hall–Kier alpha value is -3.24. The monoisotopic (exact) mass is 484 g/mol. The molecule has 33 heavy (non-hydrogen) atoms. The number of nitrogens with one attached hydrogen (secondary N) is 1. The lowest BCUT2D eigenvalue weighted by Crippen LogP contribution is -2.18. The van der Waals surface area contributed by atoms with E-state index in [1.807, 2.05) is 13.8 Å². The van der Waals surface area contributed by atoms with Crippen LogP contribution >= 0.6 is 0 Å². The number of hydrogen-bond donors (Lipinski definition) is 1. The highest BCUT2D eigenvalue weighted by Gasteiger charge is 2.33. The van der Waals surface area contributed by atoms with Gasteiger partial charge in [-0.05, 0) is 37.6 Å². The third-order valence-corrected chi connectivity index (χ3v) is 8.43. The first-order valence-electron chi connectivity index (χ1n) is 10.5. The van der Waals surface area contributed by atoms with Gasteiger partial charge in [0.15, 0.2) is 5.65 Å². The van der Waals surface area contributed by atoms with Crippen molar-refractivity contribution >= 4 is 36.8 Å². The van der Waals surface area contributed by atoms with Crippen LogP contribution in [0.5, 0.6) is 0 Å². The Morgan fingerprint density at radius 1 is 0.879 bits per heavy atom. The quantitative estimate of drug-likeness (QED) is 0.402. The third-order valence-electron chi connectivity index (χ3n) is 5.25. The van der Waals surface area contributed by atoms with Crippen LogP contribution < -0.4 is 4.72 Å². The molecule has 0 bridgehead atoms. The maximum absolute atomic E-state index is 13.8. The molecule has 172 valence electrons. The van der Waals surface area contributed by atoms with E-state index in [1.165, 1.54) is 36.7 Å². The Morgan fingerprint density at radius 3 is 2.21 bits per heavy atom. The lowest BCUT2D eigenvalue weighted by Gasteiger charge is -2.14. The number of anilines is 1. The number of nitrogens with zero attached hydrogens (tertiary/aromatic N) is 3. The van der Waals surface area contributed by atoms with Crippen LogP contribution in [0.2, 0.25) is 0 Å². The molecule has 8 nitrogen and oxygen atoms in total. The van der Waals surface area contributed by atoms with E-state index < -0.39 is 19.9 Å². The number of aromatic nitrogens is 3. The van der Waals surface area contributed by atoms with Gasteiger partial charge >= 0.3 is 0 Å². The van der Waals surface area contributed by atoms with E-state index in [1.54, 1.807) is 34.9 Å². The van der Waals surface area contributed by atoms with Crippen molar-refractivity contribution in [1.29, 1.82) is 0 Å². The molecule has 0 atom stereocenters. The number of sulfonamides is 1. The number of sulfone groups is 1. The van der Waals surface area contributed by atoms with Crippen molar-refractivity contribution in [3.05, 3.63) is 72.6 Å². The van der Waals surface area contributed by atoms with Crippen LogP contribution in [0.25, 0.3) is 11.2 Å². The minimum absolute atomic E-state index is 0.0249. The van der Waals surface area contributed by atoms with Gasteiger partial charge in [0.2, 0.25) is 9.84 Å². The van der Waals surface area contributed by atoms with E-state index in [2.05, 4.69) is 14.7 Å². The Bertz CT molecular complexity index is 1500. The van der Waals surface area contributed by atoms with E-state index in [0.29, 0.717) is 18.6 Å². The normalized spacial score (nSPS) is 12.2. The molecule has 0 fully saturated rings. The predicted octanol–water partition coefficient (Wildman–Crippen LogP) is 4.17. The molecule has 10 heteroatoms. The molecular weight excluding hydrogens is 460 g/mol. The second kappa shape index (κ2) is 8.95. The summed E-state index contributed by atoms with van der Waals surface area (Å²) in [5.74, 6) is -0.0610. The number of unbranched alkanes of at least 4 members (excludes halogenated alkanes) is 1. The van der Waals surface area contributed by atoms with Gasteiger partial charge in [-0.3, -0.25) is 4.72 Å². The molecule has 0 aliphatic heterocycles. The van der Waals surface area contributed by atoms with Crippen LogP contribution in [0.3, 0.4) is 0 Å². The second-order valence-corrected chi connectivity index (χ2v) is 11.2. The van der Waals surface area contributed by atoms with Gasteiger partial charge in [0.25, 0.3) is 10.0 Å². The second-order valence-electron chi connectivity index (χ2n) is 7.65. The van der Waals surface area contributed by atoms with Gasteiger partial charge in [-0.2, -0.15) is 0 Å². The molecule has 0 unspecified atom stereocenters. The molecule has 4 aromatic rings. The first-order valence-corrected chi connectivity index (χ1v) is 13.4. The molecule has 2 heterocycles. The molecule has 0 radical (unpaired) electrons. The Kier molecular flexibility index (Phi) is 6.22. The maximum atomic E-state index is 13.8. The molecule has 0 aliphatic carbocycles. The number of hydrogen-bond acceptors (Lipinski definition) is 6. The summed E-state index contributed by atoms with van der Waals surface area (Å²) in [7, 11) is -8.19. The topological polar surface area (TPSA) is 111 Å². The van der Waals surface area contributed by atoms with Crippen molar-refractivity contribution in [3.63, 3.8) is 0 Å². The van der Waals surface area contributed by atoms with Gasteiger partial charge < -0.3 is 4.57 Å². The molecule has 0 saturated carbocycles. The zero-order valence-electron chi connectivity index (χ0n) is 18.3. The smallest absolute Gasteiger partial charge is 0.263 e. The third kappa shape index (κ3) is 4.36. The van der Waals surface area contributed by atoms with Crippen LogP contribution in [0.15, 0.2) is 81.7 Å². The average molecular weight is 485 g/mol. The highest BCUT2D eigenvalue weighted by atomic mass is 32.2. The van der Waals surface area contributed by atoms with E-state index in [0.717, 1.165) is 12.0 Å². The lowest BCUT2D eigenvalue weighted by atomic mass is 10.2. The highest BCUT2D eigenvalue weighted by Crippen LogP contribution is 2.37. The van der Waals surface area contributed by atoms with Crippen LogP contribution in [-0.4, -0.2) is 31.4 Å². The van der Waals surface area contributed by atoms with E-state index in [9.17, 15) is 16.8 Å². The van der Waals surface area contributed by atoms with Crippen molar-refractivity contribution < 1.29 is 16.8 Å². The van der Waals surface area contributed by atoms with Crippen molar-refractivity contribution in [1.82, 2.24) is 14.5 Å². The molecule has 2 aromatic carbocycles. The van der Waals surface area contributed by atoms with Gasteiger partial charge in [-0.15, -0.1) is 0 Å². The highest BCUT2D eigenvalue weighted by molar-refractivity contribution is 7.93. The number of aryl methyl sites for hydroxylation is 2. The fraction of sp³-hybridized carbons (Fsp3) is 0.217. The summed E-state index contributed by atoms with van der Waals surface area (Å²) in [6.07, 6.45) is 4.38. The fourth-order valence-corrected chi connectivity index (χ4v) is 6.25. The summed E-state index contributed by atoms with van der Waals surface area (Å²) < 4.78 is 58.1. The average Bonchev–Trinajstić information content (AvgIpc) is 3.11. The summed E-state index contributed by atoms with van der Waals surface area (Å²) in [6, 6.07) is 14.2. The Morgan fingerprint density at radius 2 is 1.55 bits per heavy atom. The lowest BCUT2D eigenvalue weighted by molar-refractivity contribution is 0.595. The molecule has 4 rings (SSSR count). The van der Waals surface area contributed by atoms with Crippen molar-refractivity contribution in [2.24, 2.45) is 0 Å². The van der Waals surface area contributed by atoms with Crippen molar-refractivity contribution in [2.75, 3.05) is 4.72 Å². The maximum Gasteiger partial charge on any atom is 0.263 e. The van der Waals surface area contributed by atoms with Gasteiger partial charge in [0.05, 0.1) is 9.79 Å². The molecule has 0 aliphatic rings. The zero-order valence-corrected chi connectivity index (χ0v) is 19.9. The minimum atomic E-state index is -4.12. The number of fused-ring (bicyclic) bond motifs is 1. The summed E-state index contributed by atoms with van der Waals surface area (Å²) in [4.78, 5) is 8.50. The Balaban J connectivity index is 2.00. The standard InChI is InChI=1S/C23H24N4O4S2/c1-3-4-16-27-22-20(24-14-15-25-22)21(32(28,29)18-12-10-17(2)11-13-18)23(27)26-33(30,31)19-8-6-5-7-9-19/h5-15,26H,3-4,16H2,1-2H3. The van der Waals surface area contributed by atoms with Crippen LogP contribution in [0.1, 0.15) is 25.3 Å². The first-order chi connectivity index (χ1) is 15.8. The van der Waals surface area contributed by atoms with Crippen molar-refractivity contribution in [3.8, 4) is 0 Å². The molecule has 0 saturated heterocycles. The van der Waals surface area contributed by atoms with E-state index >= 15 is 0 Å². The summed E-state index contributed by atoms with van der Waals surface area (Å²) in [6.45, 7) is 4.23. The van der Waals surface area contributed by atoms with Crippen molar-refractivity contribution in [2.45, 2.75) is 47.9 Å². The van der Waals surface area contributed by atoms with E-state index in [4.69, 9.17) is 0 Å². The molecule has 2 aromatic heterocycles. The molecule has 0 spiro atoms. The van der Waals surface area contributed by atoms with Crippen LogP contribution in [0, 0.1) is 6.92 Å². The first kappa shape index (κ1) is 22.9. The summed E-state index contributed by atoms with van der Waals surface area (Å²) in [5, 5.41) is 0. The van der Waals surface area contributed by atoms with Gasteiger partial charge in [0, 0.05) is 18.9 Å². The zero-order chi connectivity index (χ0) is 23.6. The largest absolute Gasteiger partial charge is 0.309 e. The van der Waals surface area contributed by atoms with Crippen LogP contribution in [0.4, 0.5) is 5.82 Å². The van der Waals surface area contributed by atoms with E-state index in [-0.39, 0.29) is 26.0 Å². The fourth-order valence-electron chi connectivity index (χ4n) is 3.54. The molecular formula is C23H24N4O4S2. The summed E-state index contributed by atoms with van der Waals surface area (Å²) in [5.41, 5.74) is 1.34. The Labute approximate surface area is 193 Å². The number of rotatable bonds is 8. The van der Waals surface area contributed by atoms with Crippen LogP contribution in [-0.2, 0) is 26.4 Å². The molecule has 1 N–H and O–H groups in total.